The second-order valence-electron chi connectivity index (χ2n) is 10.2. The summed E-state index contributed by atoms with van der Waals surface area (Å²) in [4.78, 5) is 29.6. The van der Waals surface area contributed by atoms with Crippen LogP contribution in [0.4, 0.5) is 11.4 Å². The Morgan fingerprint density at radius 1 is 1.09 bits per heavy atom. The summed E-state index contributed by atoms with van der Waals surface area (Å²) in [6, 6.07) is 17.6. The summed E-state index contributed by atoms with van der Waals surface area (Å²) in [7, 11) is -2.17. The van der Waals surface area contributed by atoms with Crippen molar-refractivity contribution in [2.75, 3.05) is 29.3 Å². The monoisotopic (exact) mass is 601 g/mol. The second-order valence-corrected chi connectivity index (χ2v) is 11.8. The van der Waals surface area contributed by atoms with Crippen LogP contribution in [0.1, 0.15) is 22.5 Å². The Hall–Kier alpha value is -5.17. The number of carboxylic acid groups (broad SMARTS) is 1. The standard InChI is InChI=1S/C30H31N7O5S/c1-36-24-13-12-22(16-23(24)34-26(36)14-9-19-7-10-21(11-8-19)30(31)32)35-43(41,42)25-6-2-4-20-5-3-15-37(29(20)25)18-27(38)33-17-28(39)40/h2-8,10-13,16,35H,9,14-15,17-18H2,1H3,(H3,31,32)(H,33,38)(H,39,40). The number of nitrogen functional groups attached to an aromatic ring is 1. The molecule has 1 amide bonds. The summed E-state index contributed by atoms with van der Waals surface area (Å²) >= 11 is 0. The van der Waals surface area contributed by atoms with Crippen LogP contribution in [0.5, 0.6) is 0 Å². The van der Waals surface area contributed by atoms with E-state index in [0.717, 1.165) is 23.3 Å². The van der Waals surface area contributed by atoms with Crippen LogP contribution in [-0.4, -0.2) is 60.4 Å². The maximum Gasteiger partial charge on any atom is 0.322 e. The molecule has 12 nitrogen and oxygen atoms in total. The van der Waals surface area contributed by atoms with Crippen LogP contribution in [0.3, 0.4) is 0 Å². The molecule has 43 heavy (non-hydrogen) atoms. The SMILES string of the molecule is Cn1c(CCc2ccc(C(=N)N)cc2)nc2cc(NS(=O)(=O)c3cccc4c3N(CC(=O)NCC(=O)O)CC=C4)ccc21. The van der Waals surface area contributed by atoms with Crippen molar-refractivity contribution in [3.63, 3.8) is 0 Å². The highest BCUT2D eigenvalue weighted by Crippen LogP contribution is 2.34. The van der Waals surface area contributed by atoms with Gasteiger partial charge in [-0.05, 0) is 41.8 Å². The maximum atomic E-state index is 13.7. The molecule has 0 atom stereocenters. The lowest BCUT2D eigenvalue weighted by Crippen LogP contribution is -2.41. The molecule has 0 bridgehead atoms. The molecule has 0 radical (unpaired) electrons. The number of nitrogens with one attached hydrogen (secondary N) is 3. The molecule has 1 aliphatic rings. The Kier molecular flexibility index (Phi) is 8.17. The minimum atomic E-state index is -4.09. The number of amides is 1. The molecule has 4 aromatic rings. The highest BCUT2D eigenvalue weighted by molar-refractivity contribution is 7.92. The number of carbonyl (C=O) groups excluding carboxylic acids is 1. The van der Waals surface area contributed by atoms with Gasteiger partial charge >= 0.3 is 5.97 Å². The van der Waals surface area contributed by atoms with Gasteiger partial charge in [0.2, 0.25) is 5.91 Å². The number of hydrogen-bond acceptors (Lipinski definition) is 7. The molecule has 0 unspecified atom stereocenters. The topological polar surface area (TPSA) is 183 Å². The van der Waals surface area contributed by atoms with Gasteiger partial charge in [0.05, 0.1) is 29.0 Å². The van der Waals surface area contributed by atoms with E-state index in [1.807, 2.05) is 48.0 Å². The van der Waals surface area contributed by atoms with Gasteiger partial charge in [0, 0.05) is 25.6 Å². The predicted molar refractivity (Wildman–Crippen MR) is 165 cm³/mol. The fraction of sp³-hybridized carbons (Fsp3) is 0.200. The zero-order valence-electron chi connectivity index (χ0n) is 23.4. The van der Waals surface area contributed by atoms with Crippen LogP contribution in [0.2, 0.25) is 0 Å². The lowest BCUT2D eigenvalue weighted by Gasteiger charge is -2.29. The van der Waals surface area contributed by atoms with Crippen LogP contribution in [0, 0.1) is 5.41 Å². The number of carbonyl (C=O) groups is 2. The largest absolute Gasteiger partial charge is 0.480 e. The van der Waals surface area contributed by atoms with Crippen LogP contribution < -0.4 is 20.7 Å². The van der Waals surface area contributed by atoms with Crippen LogP contribution >= 0.6 is 0 Å². The van der Waals surface area contributed by atoms with Crippen molar-refractivity contribution in [2.45, 2.75) is 17.7 Å². The first-order valence-electron chi connectivity index (χ1n) is 13.5. The zero-order valence-corrected chi connectivity index (χ0v) is 24.2. The lowest BCUT2D eigenvalue weighted by atomic mass is 10.1. The zero-order chi connectivity index (χ0) is 30.7. The molecule has 0 spiro atoms. The van der Waals surface area contributed by atoms with E-state index in [4.69, 9.17) is 21.2 Å². The number of nitrogens with two attached hydrogens (primary N) is 1. The molecule has 0 saturated carbocycles. The first kappa shape index (κ1) is 29.3. The Balaban J connectivity index is 1.36. The number of carboxylic acids is 1. The fourth-order valence-corrected chi connectivity index (χ4v) is 6.33. The van der Waals surface area contributed by atoms with Crippen LogP contribution in [0.25, 0.3) is 17.1 Å². The number of imidazole rings is 1. The molecular weight excluding hydrogens is 570 g/mol. The molecule has 0 saturated heterocycles. The van der Waals surface area contributed by atoms with Gasteiger partial charge in [-0.25, -0.2) is 13.4 Å². The Morgan fingerprint density at radius 2 is 1.86 bits per heavy atom. The van der Waals surface area contributed by atoms with E-state index in [2.05, 4.69) is 10.0 Å². The predicted octanol–water partition coefficient (Wildman–Crippen LogP) is 2.48. The number of fused-ring (bicyclic) bond motifs is 2. The number of aromatic nitrogens is 2. The highest BCUT2D eigenvalue weighted by atomic mass is 32.2. The van der Waals surface area contributed by atoms with Gasteiger partial charge in [0.15, 0.2) is 0 Å². The molecule has 0 fully saturated rings. The first-order valence-corrected chi connectivity index (χ1v) is 14.9. The molecule has 3 aromatic carbocycles. The molecule has 5 rings (SSSR count). The number of amidine groups is 1. The van der Waals surface area contributed by atoms with Crippen LogP contribution in [-0.2, 0) is 39.5 Å². The van der Waals surface area contributed by atoms with Crippen molar-refractivity contribution in [1.82, 2.24) is 14.9 Å². The smallest absolute Gasteiger partial charge is 0.322 e. The molecule has 13 heteroatoms. The van der Waals surface area contributed by atoms with Crippen molar-refractivity contribution >= 4 is 56.2 Å². The van der Waals surface area contributed by atoms with Gasteiger partial charge in [0.1, 0.15) is 23.1 Å². The lowest BCUT2D eigenvalue weighted by molar-refractivity contribution is -0.137. The molecule has 1 aliphatic heterocycles. The third kappa shape index (κ3) is 6.51. The highest BCUT2D eigenvalue weighted by Gasteiger charge is 2.27. The molecule has 222 valence electrons. The number of rotatable bonds is 11. The number of sulfonamides is 1. The van der Waals surface area contributed by atoms with Gasteiger partial charge in [-0.15, -0.1) is 0 Å². The molecule has 2 heterocycles. The quantitative estimate of drug-likeness (QED) is 0.128. The van der Waals surface area contributed by atoms with Crippen molar-refractivity contribution in [3.8, 4) is 0 Å². The van der Waals surface area contributed by atoms with E-state index < -0.39 is 28.4 Å². The normalized spacial score (nSPS) is 12.6. The summed E-state index contributed by atoms with van der Waals surface area (Å²) in [6.45, 7) is -0.451. The summed E-state index contributed by atoms with van der Waals surface area (Å²) < 4.78 is 32.0. The van der Waals surface area contributed by atoms with Crippen molar-refractivity contribution in [1.29, 1.82) is 5.41 Å². The van der Waals surface area contributed by atoms with Gasteiger partial charge in [0.25, 0.3) is 10.0 Å². The molecule has 0 aliphatic carbocycles. The van der Waals surface area contributed by atoms with E-state index in [1.165, 1.54) is 6.07 Å². The fourth-order valence-electron chi connectivity index (χ4n) is 5.03. The van der Waals surface area contributed by atoms with Gasteiger partial charge in [-0.2, -0.15) is 0 Å². The van der Waals surface area contributed by atoms with Gasteiger partial charge < -0.3 is 25.6 Å². The van der Waals surface area contributed by atoms with Crippen molar-refractivity contribution in [3.05, 3.63) is 89.3 Å². The number of benzene rings is 3. The number of para-hydroxylation sites is 1. The van der Waals surface area contributed by atoms with E-state index in [-0.39, 0.29) is 23.8 Å². The van der Waals surface area contributed by atoms with Crippen molar-refractivity contribution in [2.24, 2.45) is 12.8 Å². The van der Waals surface area contributed by atoms with E-state index in [1.54, 1.807) is 35.2 Å². The number of nitrogens with zero attached hydrogens (tertiary/aromatic N) is 3. The molecule has 1 aromatic heterocycles. The Bertz CT molecular complexity index is 1860. The van der Waals surface area contributed by atoms with E-state index >= 15 is 0 Å². The Labute approximate surface area is 248 Å². The van der Waals surface area contributed by atoms with Gasteiger partial charge in [-0.1, -0.05) is 48.6 Å². The average molecular weight is 602 g/mol. The summed E-state index contributed by atoms with van der Waals surface area (Å²) in [6.07, 6.45) is 4.99. The second kappa shape index (κ2) is 12.0. The third-order valence-electron chi connectivity index (χ3n) is 7.16. The van der Waals surface area contributed by atoms with Gasteiger partial charge in [-0.3, -0.25) is 19.7 Å². The molecular formula is C30H31N7O5S. The Morgan fingerprint density at radius 3 is 2.58 bits per heavy atom. The van der Waals surface area contributed by atoms with Crippen molar-refractivity contribution < 1.29 is 23.1 Å². The minimum absolute atomic E-state index is 0.00187. The minimum Gasteiger partial charge on any atom is -0.480 e. The summed E-state index contributed by atoms with van der Waals surface area (Å²) in [5.41, 5.74) is 10.1. The van der Waals surface area contributed by atoms with E-state index in [9.17, 15) is 18.0 Å². The third-order valence-corrected chi connectivity index (χ3v) is 8.57. The number of anilines is 2. The number of aryl methyl sites for hydroxylation is 3. The maximum absolute atomic E-state index is 13.7. The summed E-state index contributed by atoms with van der Waals surface area (Å²) in [5.74, 6) is -0.841. The summed E-state index contributed by atoms with van der Waals surface area (Å²) in [5, 5.41) is 18.7. The number of hydrogen-bond donors (Lipinski definition) is 5. The van der Waals surface area contributed by atoms with Crippen LogP contribution in [0.15, 0.2) is 71.6 Å². The molecule has 6 N–H and O–H groups in total. The average Bonchev–Trinajstić information content (AvgIpc) is 3.29. The number of aliphatic carboxylic acids is 1. The first-order chi connectivity index (χ1) is 20.5. The van der Waals surface area contributed by atoms with E-state index in [0.29, 0.717) is 34.4 Å².